The van der Waals surface area contributed by atoms with Gasteiger partial charge in [0.15, 0.2) is 0 Å². The Morgan fingerprint density at radius 3 is 3.08 bits per heavy atom. The van der Waals surface area contributed by atoms with Crippen LogP contribution in [-0.2, 0) is 6.54 Å². The van der Waals surface area contributed by atoms with Crippen molar-refractivity contribution in [2.75, 3.05) is 0 Å². The first kappa shape index (κ1) is 8.89. The van der Waals surface area contributed by atoms with Gasteiger partial charge in [-0.2, -0.15) is 5.10 Å². The molecular weight excluding hydrogens is 178 g/mol. The molecule has 0 atom stereocenters. The minimum atomic E-state index is 0. The number of nitrogens with zero attached hydrogens (tertiary/aromatic N) is 4. The Kier molecular flexibility index (Phi) is 2.57. The fraction of sp³-hybridized carbons (Fsp3) is 0.167. The van der Waals surface area contributed by atoms with Crippen LogP contribution in [0.2, 0.25) is 0 Å². The highest BCUT2D eigenvalue weighted by atomic mass is 35.5. The second-order valence-electron chi connectivity index (χ2n) is 2.14. The van der Waals surface area contributed by atoms with Crippen LogP contribution in [0.4, 0.5) is 0 Å². The van der Waals surface area contributed by atoms with Gasteiger partial charge in [0.25, 0.3) is 0 Å². The molecule has 0 spiro atoms. The van der Waals surface area contributed by atoms with Crippen LogP contribution in [0.5, 0.6) is 0 Å². The third kappa shape index (κ3) is 1.24. The number of aromatic nitrogens is 4. The van der Waals surface area contributed by atoms with Crippen molar-refractivity contribution in [3.8, 4) is 0 Å². The number of rotatable bonds is 1. The largest absolute Gasteiger partial charge is 0.325 e. The van der Waals surface area contributed by atoms with Crippen molar-refractivity contribution in [1.29, 1.82) is 0 Å². The lowest BCUT2D eigenvalue weighted by molar-refractivity contribution is 0.739. The van der Waals surface area contributed by atoms with Gasteiger partial charge in [0.05, 0.1) is 0 Å². The molecule has 2 aromatic rings. The van der Waals surface area contributed by atoms with Crippen LogP contribution < -0.4 is 5.73 Å². The van der Waals surface area contributed by atoms with E-state index >= 15 is 0 Å². The molecule has 0 radical (unpaired) electrons. The number of hydrogen-bond acceptors (Lipinski definition) is 4. The summed E-state index contributed by atoms with van der Waals surface area (Å²) in [6, 6.07) is 3.72. The van der Waals surface area contributed by atoms with Gasteiger partial charge in [-0.3, -0.25) is 0 Å². The van der Waals surface area contributed by atoms with E-state index in [4.69, 9.17) is 5.73 Å². The van der Waals surface area contributed by atoms with Crippen molar-refractivity contribution in [2.24, 2.45) is 5.73 Å². The van der Waals surface area contributed by atoms with E-state index in [1.54, 1.807) is 6.20 Å². The fourth-order valence-corrected chi connectivity index (χ4v) is 0.941. The lowest BCUT2D eigenvalue weighted by Gasteiger charge is -1.88. The Hall–Kier alpha value is -1.20. The van der Waals surface area contributed by atoms with Crippen LogP contribution in [-0.4, -0.2) is 20.0 Å². The average molecular weight is 186 g/mol. The Labute approximate surface area is 75.0 Å². The van der Waals surface area contributed by atoms with Crippen molar-refractivity contribution in [3.05, 3.63) is 24.0 Å². The third-order valence-electron chi connectivity index (χ3n) is 1.47. The Morgan fingerprint density at radius 2 is 2.33 bits per heavy atom. The van der Waals surface area contributed by atoms with Crippen molar-refractivity contribution in [1.82, 2.24) is 20.0 Å². The maximum atomic E-state index is 5.42. The monoisotopic (exact) mass is 185 g/mol. The molecule has 0 saturated heterocycles. The van der Waals surface area contributed by atoms with Crippen molar-refractivity contribution < 1.29 is 0 Å². The number of halogens is 1. The third-order valence-corrected chi connectivity index (χ3v) is 1.47. The minimum absolute atomic E-state index is 0. The zero-order chi connectivity index (χ0) is 7.68. The molecule has 2 rings (SSSR count). The van der Waals surface area contributed by atoms with E-state index in [0.29, 0.717) is 6.54 Å². The lowest BCUT2D eigenvalue weighted by Crippen LogP contribution is -1.97. The van der Waals surface area contributed by atoms with Gasteiger partial charge in [-0.15, -0.1) is 22.1 Å². The zero-order valence-corrected chi connectivity index (χ0v) is 7.03. The first-order valence-electron chi connectivity index (χ1n) is 3.27. The normalized spacial score (nSPS) is 9.75. The minimum Gasteiger partial charge on any atom is -0.325 e. The smallest absolute Gasteiger partial charge is 0.112 e. The summed E-state index contributed by atoms with van der Waals surface area (Å²) in [5.74, 6) is 0. The second-order valence-corrected chi connectivity index (χ2v) is 2.14. The first-order chi connectivity index (χ1) is 5.42. The van der Waals surface area contributed by atoms with E-state index in [9.17, 15) is 0 Å². The molecule has 0 aromatic carbocycles. The zero-order valence-electron chi connectivity index (χ0n) is 6.21. The summed E-state index contributed by atoms with van der Waals surface area (Å²) in [4.78, 5) is 0. The van der Waals surface area contributed by atoms with Crippen LogP contribution in [0.25, 0.3) is 5.52 Å². The summed E-state index contributed by atoms with van der Waals surface area (Å²) >= 11 is 0. The molecule has 5 nitrogen and oxygen atoms in total. The molecule has 0 bridgehead atoms. The summed E-state index contributed by atoms with van der Waals surface area (Å²) < 4.78 is 1.46. The molecule has 6 heteroatoms. The summed E-state index contributed by atoms with van der Waals surface area (Å²) in [5.41, 5.74) is 7.06. The maximum Gasteiger partial charge on any atom is 0.112 e. The van der Waals surface area contributed by atoms with Crippen LogP contribution in [0.1, 0.15) is 5.69 Å². The fourth-order valence-electron chi connectivity index (χ4n) is 0.941. The highest BCUT2D eigenvalue weighted by Crippen LogP contribution is 2.02. The molecule has 2 aromatic heterocycles. The van der Waals surface area contributed by atoms with E-state index in [1.807, 2.05) is 12.1 Å². The molecular formula is C6H8ClN5. The summed E-state index contributed by atoms with van der Waals surface area (Å²) in [6.45, 7) is 0.398. The van der Waals surface area contributed by atoms with Crippen LogP contribution in [0, 0.1) is 0 Å². The molecule has 64 valence electrons. The van der Waals surface area contributed by atoms with Gasteiger partial charge < -0.3 is 5.73 Å². The van der Waals surface area contributed by atoms with Gasteiger partial charge in [-0.25, -0.2) is 0 Å². The Bertz CT molecular complexity index is 371. The number of fused-ring (bicyclic) bond motifs is 1. The Balaban J connectivity index is 0.000000720. The summed E-state index contributed by atoms with van der Waals surface area (Å²) in [6.07, 6.45) is 1.65. The SMILES string of the molecule is Cl.NCc1nnn2ncccc12. The van der Waals surface area contributed by atoms with Gasteiger partial charge >= 0.3 is 0 Å². The van der Waals surface area contributed by atoms with E-state index in [-0.39, 0.29) is 12.4 Å². The van der Waals surface area contributed by atoms with E-state index < -0.39 is 0 Å². The highest BCUT2D eigenvalue weighted by molar-refractivity contribution is 5.85. The molecule has 0 aliphatic carbocycles. The average Bonchev–Trinajstić information content (AvgIpc) is 2.47. The van der Waals surface area contributed by atoms with Crippen molar-refractivity contribution in [2.45, 2.75) is 6.54 Å². The van der Waals surface area contributed by atoms with Crippen LogP contribution in [0.15, 0.2) is 18.3 Å². The standard InChI is InChI=1S/C6H7N5.ClH/c7-4-5-6-2-1-3-8-11(6)10-9-5;/h1-3H,4,7H2;1H. The van der Waals surface area contributed by atoms with Gasteiger partial charge in [-0.05, 0) is 17.3 Å². The van der Waals surface area contributed by atoms with Crippen LogP contribution in [0.3, 0.4) is 0 Å². The van der Waals surface area contributed by atoms with Crippen molar-refractivity contribution in [3.63, 3.8) is 0 Å². The Morgan fingerprint density at radius 1 is 1.50 bits per heavy atom. The molecule has 2 heterocycles. The van der Waals surface area contributed by atoms with E-state index in [0.717, 1.165) is 11.2 Å². The topological polar surface area (TPSA) is 69.1 Å². The second kappa shape index (κ2) is 3.46. The summed E-state index contributed by atoms with van der Waals surface area (Å²) in [7, 11) is 0. The summed E-state index contributed by atoms with van der Waals surface area (Å²) in [5, 5.41) is 11.5. The quantitative estimate of drug-likeness (QED) is 0.680. The highest BCUT2D eigenvalue weighted by Gasteiger charge is 2.01. The molecule has 0 fully saturated rings. The molecule has 0 unspecified atom stereocenters. The molecule has 0 aliphatic heterocycles. The van der Waals surface area contributed by atoms with E-state index in [1.165, 1.54) is 4.63 Å². The first-order valence-corrected chi connectivity index (χ1v) is 3.27. The van der Waals surface area contributed by atoms with Gasteiger partial charge in [0.2, 0.25) is 0 Å². The van der Waals surface area contributed by atoms with Crippen LogP contribution >= 0.6 is 12.4 Å². The van der Waals surface area contributed by atoms with Gasteiger partial charge in [0.1, 0.15) is 11.2 Å². The number of nitrogens with two attached hydrogens (primary N) is 1. The lowest BCUT2D eigenvalue weighted by atomic mass is 10.3. The van der Waals surface area contributed by atoms with E-state index in [2.05, 4.69) is 15.4 Å². The maximum absolute atomic E-state index is 5.42. The molecule has 0 saturated carbocycles. The van der Waals surface area contributed by atoms with Gasteiger partial charge in [0, 0.05) is 12.7 Å². The van der Waals surface area contributed by atoms with Crippen molar-refractivity contribution >= 4 is 17.9 Å². The molecule has 0 amide bonds. The molecule has 2 N–H and O–H groups in total. The number of hydrogen-bond donors (Lipinski definition) is 1. The molecule has 0 aliphatic rings. The predicted molar refractivity (Wildman–Crippen MR) is 45.9 cm³/mol. The predicted octanol–water partition coefficient (Wildman–Crippen LogP) is 0.00480. The molecule has 12 heavy (non-hydrogen) atoms. The van der Waals surface area contributed by atoms with Gasteiger partial charge in [-0.1, -0.05) is 0 Å².